The molecule has 3 unspecified atom stereocenters. The molecule has 7 rings (SSSR count). The SMILES string of the molecule is O=C1CCC(N2Cc3c(C(=O)N4CCC(N5CCN(C(c6ccccc6)c6ccccn6)CC5)C(F)(F)C4)cccc3C2=O)C(=O)N1. The van der Waals surface area contributed by atoms with Crippen LogP contribution in [0.3, 0.4) is 0 Å². The van der Waals surface area contributed by atoms with Gasteiger partial charge in [0.2, 0.25) is 11.8 Å². The maximum atomic E-state index is 15.9. The summed E-state index contributed by atoms with van der Waals surface area (Å²) in [6.45, 7) is 1.57. The summed E-state index contributed by atoms with van der Waals surface area (Å²) in [5, 5.41) is 2.27. The number of alkyl halides is 2. The summed E-state index contributed by atoms with van der Waals surface area (Å²) in [6.07, 6.45) is 2.20. The largest absolute Gasteiger partial charge is 0.332 e. The fourth-order valence-electron chi connectivity index (χ4n) is 7.56. The number of aromatic nitrogens is 1. The predicted molar refractivity (Wildman–Crippen MR) is 167 cm³/mol. The van der Waals surface area contributed by atoms with E-state index in [9.17, 15) is 19.2 Å². The number of amides is 4. The van der Waals surface area contributed by atoms with E-state index in [1.807, 2.05) is 41.3 Å². The van der Waals surface area contributed by atoms with Crippen LogP contribution in [-0.2, 0) is 16.1 Å². The molecule has 47 heavy (non-hydrogen) atoms. The van der Waals surface area contributed by atoms with Gasteiger partial charge in [0.1, 0.15) is 6.04 Å². The number of halogens is 2. The van der Waals surface area contributed by atoms with Crippen molar-refractivity contribution in [2.75, 3.05) is 39.3 Å². The van der Waals surface area contributed by atoms with Gasteiger partial charge in [0.15, 0.2) is 0 Å². The van der Waals surface area contributed by atoms with Crippen LogP contribution >= 0.6 is 0 Å². The van der Waals surface area contributed by atoms with E-state index in [1.165, 1.54) is 9.80 Å². The normalized spacial score (nSPS) is 24.2. The second kappa shape index (κ2) is 12.6. The van der Waals surface area contributed by atoms with Gasteiger partial charge < -0.3 is 9.80 Å². The van der Waals surface area contributed by atoms with Gasteiger partial charge in [-0.2, -0.15) is 0 Å². The number of fused-ring (bicyclic) bond motifs is 1. The highest BCUT2D eigenvalue weighted by Crippen LogP contribution is 2.36. The molecule has 4 aliphatic heterocycles. The van der Waals surface area contributed by atoms with Crippen molar-refractivity contribution in [3.8, 4) is 0 Å². The van der Waals surface area contributed by atoms with E-state index in [2.05, 4.69) is 27.3 Å². The molecule has 0 bridgehead atoms. The lowest BCUT2D eigenvalue weighted by Crippen LogP contribution is -2.62. The number of hydrogen-bond acceptors (Lipinski definition) is 7. The van der Waals surface area contributed by atoms with Crippen molar-refractivity contribution in [3.05, 3.63) is 101 Å². The van der Waals surface area contributed by atoms with Gasteiger partial charge >= 0.3 is 0 Å². The lowest BCUT2D eigenvalue weighted by molar-refractivity contribution is -0.136. The van der Waals surface area contributed by atoms with E-state index in [1.54, 1.807) is 24.4 Å². The van der Waals surface area contributed by atoms with Crippen molar-refractivity contribution >= 4 is 23.6 Å². The number of piperazine rings is 1. The van der Waals surface area contributed by atoms with Gasteiger partial charge in [0, 0.05) is 63.0 Å². The standard InChI is InChI=1S/C35H36F2N6O4/c36-35(37)22-42(33(46)24-9-6-10-25-26(24)21-43(34(25)47)28-12-13-30(44)39-32(28)45)16-14-29(35)40-17-19-41(20-18-40)31(23-7-2-1-3-8-23)27-11-4-5-15-38-27/h1-11,15,28-29,31H,12-14,16-22H2,(H,39,44,45). The second-order valence-corrected chi connectivity index (χ2v) is 12.7. The van der Waals surface area contributed by atoms with E-state index >= 15 is 8.78 Å². The van der Waals surface area contributed by atoms with Crippen LogP contribution in [-0.4, -0.2) is 105 Å². The fraction of sp³-hybridized carbons (Fsp3) is 0.400. The van der Waals surface area contributed by atoms with Crippen LogP contribution in [0.2, 0.25) is 0 Å². The van der Waals surface area contributed by atoms with Crippen LogP contribution in [0.5, 0.6) is 0 Å². The van der Waals surface area contributed by atoms with E-state index < -0.39 is 48.2 Å². The van der Waals surface area contributed by atoms with Crippen molar-refractivity contribution in [1.82, 2.24) is 29.9 Å². The first-order chi connectivity index (χ1) is 22.7. The van der Waals surface area contributed by atoms with Crippen molar-refractivity contribution in [2.45, 2.75) is 49.9 Å². The molecule has 0 saturated carbocycles. The van der Waals surface area contributed by atoms with Crippen molar-refractivity contribution in [2.24, 2.45) is 0 Å². The summed E-state index contributed by atoms with van der Waals surface area (Å²) < 4.78 is 31.8. The van der Waals surface area contributed by atoms with Gasteiger partial charge in [0.25, 0.3) is 17.7 Å². The molecule has 3 aromatic rings. The first-order valence-corrected chi connectivity index (χ1v) is 16.1. The molecule has 0 spiro atoms. The molecule has 1 aromatic heterocycles. The minimum absolute atomic E-state index is 0.00195. The Morgan fingerprint density at radius 2 is 1.66 bits per heavy atom. The minimum atomic E-state index is -3.14. The molecule has 3 fully saturated rings. The van der Waals surface area contributed by atoms with Gasteiger partial charge in [-0.1, -0.05) is 42.5 Å². The zero-order chi connectivity index (χ0) is 32.7. The highest BCUT2D eigenvalue weighted by atomic mass is 19.3. The molecule has 4 aliphatic rings. The number of carbonyl (C=O) groups excluding carboxylic acids is 4. The molecule has 2 aromatic carbocycles. The van der Waals surface area contributed by atoms with E-state index in [0.29, 0.717) is 31.7 Å². The molecule has 10 nitrogen and oxygen atoms in total. The molecule has 4 amide bonds. The van der Waals surface area contributed by atoms with Gasteiger partial charge in [0.05, 0.1) is 24.3 Å². The third-order valence-corrected chi connectivity index (χ3v) is 9.90. The van der Waals surface area contributed by atoms with E-state index in [4.69, 9.17) is 0 Å². The molecule has 244 valence electrons. The first-order valence-electron chi connectivity index (χ1n) is 16.1. The average molecular weight is 643 g/mol. The number of nitrogens with one attached hydrogen (secondary N) is 1. The van der Waals surface area contributed by atoms with Crippen LogP contribution in [0.25, 0.3) is 0 Å². The van der Waals surface area contributed by atoms with Crippen molar-refractivity contribution in [1.29, 1.82) is 0 Å². The molecule has 5 heterocycles. The van der Waals surface area contributed by atoms with Gasteiger partial charge in [-0.25, -0.2) is 8.78 Å². The lowest BCUT2D eigenvalue weighted by Gasteiger charge is -2.47. The van der Waals surface area contributed by atoms with E-state index in [0.717, 1.165) is 11.3 Å². The van der Waals surface area contributed by atoms with Crippen molar-refractivity contribution in [3.63, 3.8) is 0 Å². The highest BCUT2D eigenvalue weighted by Gasteiger charge is 2.50. The lowest BCUT2D eigenvalue weighted by atomic mass is 9.95. The third-order valence-electron chi connectivity index (χ3n) is 9.90. The van der Waals surface area contributed by atoms with Crippen molar-refractivity contribution < 1.29 is 28.0 Å². The monoisotopic (exact) mass is 642 g/mol. The quantitative estimate of drug-likeness (QED) is 0.412. The molecule has 0 aliphatic carbocycles. The van der Waals surface area contributed by atoms with Crippen LogP contribution in [0.1, 0.15) is 62.8 Å². The maximum Gasteiger partial charge on any atom is 0.280 e. The number of piperidine rings is 2. The number of imide groups is 1. The molecule has 3 saturated heterocycles. The number of pyridine rings is 1. The zero-order valence-corrected chi connectivity index (χ0v) is 25.9. The number of benzene rings is 2. The molecule has 1 N–H and O–H groups in total. The minimum Gasteiger partial charge on any atom is -0.332 e. The number of likely N-dealkylation sites (tertiary alicyclic amines) is 1. The number of rotatable bonds is 6. The van der Waals surface area contributed by atoms with Crippen LogP contribution in [0.4, 0.5) is 8.78 Å². The van der Waals surface area contributed by atoms with Crippen LogP contribution in [0, 0.1) is 0 Å². The molecule has 0 radical (unpaired) electrons. The number of carbonyl (C=O) groups is 4. The Labute approximate surface area is 271 Å². The Balaban J connectivity index is 1.02. The van der Waals surface area contributed by atoms with Gasteiger partial charge in [-0.3, -0.25) is 39.3 Å². The summed E-state index contributed by atoms with van der Waals surface area (Å²) in [5.41, 5.74) is 2.91. The molecule has 3 atom stereocenters. The van der Waals surface area contributed by atoms with Gasteiger partial charge in [-0.15, -0.1) is 0 Å². The molecule has 12 heteroatoms. The number of nitrogens with zero attached hydrogens (tertiary/aromatic N) is 5. The Kier molecular flexibility index (Phi) is 8.31. The third kappa shape index (κ3) is 5.91. The summed E-state index contributed by atoms with van der Waals surface area (Å²) in [4.78, 5) is 62.4. The summed E-state index contributed by atoms with van der Waals surface area (Å²) in [7, 11) is 0. The molecular weight excluding hydrogens is 606 g/mol. The Hall–Kier alpha value is -4.55. The predicted octanol–water partition coefficient (Wildman–Crippen LogP) is 3.10. The summed E-state index contributed by atoms with van der Waals surface area (Å²) in [6, 6.07) is 18.7. The summed E-state index contributed by atoms with van der Waals surface area (Å²) >= 11 is 0. The summed E-state index contributed by atoms with van der Waals surface area (Å²) in [5.74, 6) is -5.04. The Morgan fingerprint density at radius 1 is 0.894 bits per heavy atom. The Bertz CT molecular complexity index is 1640. The smallest absolute Gasteiger partial charge is 0.280 e. The second-order valence-electron chi connectivity index (χ2n) is 12.7. The Morgan fingerprint density at radius 3 is 2.36 bits per heavy atom. The van der Waals surface area contributed by atoms with Gasteiger partial charge in [-0.05, 0) is 48.2 Å². The van der Waals surface area contributed by atoms with Crippen LogP contribution in [0.15, 0.2) is 72.9 Å². The first kappa shape index (κ1) is 31.1. The number of hydrogen-bond donors (Lipinski definition) is 1. The maximum absolute atomic E-state index is 15.9. The molecular formula is C35H36F2N6O4. The van der Waals surface area contributed by atoms with Crippen LogP contribution < -0.4 is 5.32 Å². The van der Waals surface area contributed by atoms with E-state index in [-0.39, 0.29) is 49.5 Å². The highest BCUT2D eigenvalue weighted by molar-refractivity contribution is 6.07. The fourth-order valence-corrected chi connectivity index (χ4v) is 7.56. The topological polar surface area (TPSA) is 106 Å². The average Bonchev–Trinajstić information content (AvgIpc) is 3.41. The zero-order valence-electron chi connectivity index (χ0n) is 25.9.